The first-order chi connectivity index (χ1) is 11.6. The van der Waals surface area contributed by atoms with Crippen LogP contribution in [0.2, 0.25) is 0 Å². The molecule has 24 heavy (non-hydrogen) atoms. The maximum absolute atomic E-state index is 11.5. The van der Waals surface area contributed by atoms with Gasteiger partial charge in [-0.2, -0.15) is 5.26 Å². The fourth-order valence-corrected chi connectivity index (χ4v) is 2.60. The lowest BCUT2D eigenvalue weighted by atomic mass is 10.0. The maximum atomic E-state index is 11.5. The van der Waals surface area contributed by atoms with Crippen molar-refractivity contribution in [3.05, 3.63) is 59.7 Å². The van der Waals surface area contributed by atoms with Gasteiger partial charge in [0.2, 0.25) is 0 Å². The van der Waals surface area contributed by atoms with Gasteiger partial charge >= 0.3 is 0 Å². The molecule has 1 aromatic heterocycles. The van der Waals surface area contributed by atoms with Gasteiger partial charge in [0.1, 0.15) is 17.4 Å². The molecule has 0 aliphatic heterocycles. The molecule has 0 atom stereocenters. The first-order valence-corrected chi connectivity index (χ1v) is 7.30. The van der Waals surface area contributed by atoms with Gasteiger partial charge in [0, 0.05) is 16.5 Å². The minimum Gasteiger partial charge on any atom is -0.497 e. The molecule has 1 heterocycles. The van der Waals surface area contributed by atoms with Gasteiger partial charge in [-0.05, 0) is 29.8 Å². The van der Waals surface area contributed by atoms with E-state index in [4.69, 9.17) is 10.5 Å². The Morgan fingerprint density at radius 2 is 2.00 bits per heavy atom. The number of nitrogens with zero attached hydrogens (tertiary/aromatic N) is 1. The number of H-pyrrole nitrogens is 1. The average molecular weight is 317 g/mol. The lowest BCUT2D eigenvalue weighted by Gasteiger charge is -2.02. The van der Waals surface area contributed by atoms with Gasteiger partial charge in [-0.3, -0.25) is 4.79 Å². The van der Waals surface area contributed by atoms with Crippen LogP contribution >= 0.6 is 0 Å². The predicted molar refractivity (Wildman–Crippen MR) is 93.1 cm³/mol. The van der Waals surface area contributed by atoms with E-state index in [1.54, 1.807) is 7.11 Å². The number of benzene rings is 2. The van der Waals surface area contributed by atoms with Crippen LogP contribution in [0.3, 0.4) is 0 Å². The van der Waals surface area contributed by atoms with E-state index < -0.39 is 5.91 Å². The number of aromatic amines is 1. The van der Waals surface area contributed by atoms with Gasteiger partial charge < -0.3 is 15.5 Å². The standard InChI is InChI=1S/C19H15N3O2/c1-24-14-7-8-17-15(10-14)16(9-13(11-20)19(21)23)18(22-17)12-5-3-2-4-6-12/h2-10,22H,1H3,(H2,21,23)/b13-9+. The van der Waals surface area contributed by atoms with E-state index in [0.717, 1.165) is 27.7 Å². The molecule has 0 fully saturated rings. The largest absolute Gasteiger partial charge is 0.497 e. The third-order valence-corrected chi connectivity index (χ3v) is 3.78. The lowest BCUT2D eigenvalue weighted by Crippen LogP contribution is -2.12. The lowest BCUT2D eigenvalue weighted by molar-refractivity contribution is -0.114. The second kappa shape index (κ2) is 6.31. The molecule has 0 aliphatic rings. The zero-order valence-corrected chi connectivity index (χ0v) is 13.0. The highest BCUT2D eigenvalue weighted by atomic mass is 16.5. The highest BCUT2D eigenvalue weighted by Gasteiger charge is 2.14. The van der Waals surface area contributed by atoms with Crippen molar-refractivity contribution < 1.29 is 9.53 Å². The van der Waals surface area contributed by atoms with E-state index >= 15 is 0 Å². The summed E-state index contributed by atoms with van der Waals surface area (Å²) in [5.74, 6) is -0.0675. The summed E-state index contributed by atoms with van der Waals surface area (Å²) < 4.78 is 5.28. The number of ether oxygens (including phenoxy) is 1. The van der Waals surface area contributed by atoms with Crippen LogP contribution in [0, 0.1) is 11.3 Å². The summed E-state index contributed by atoms with van der Waals surface area (Å²) in [6.07, 6.45) is 1.52. The number of hydrogen-bond donors (Lipinski definition) is 2. The van der Waals surface area contributed by atoms with Crippen LogP contribution in [-0.2, 0) is 4.79 Å². The zero-order chi connectivity index (χ0) is 17.1. The molecule has 3 aromatic rings. The molecular formula is C19H15N3O2. The number of hydrogen-bond acceptors (Lipinski definition) is 3. The summed E-state index contributed by atoms with van der Waals surface area (Å²) in [7, 11) is 1.59. The van der Waals surface area contributed by atoms with Gasteiger partial charge in [-0.1, -0.05) is 30.3 Å². The Labute approximate surface area is 139 Å². The third kappa shape index (κ3) is 2.73. The number of nitrogens with one attached hydrogen (secondary N) is 1. The Morgan fingerprint density at radius 3 is 2.62 bits per heavy atom. The van der Waals surface area contributed by atoms with Crippen LogP contribution in [-0.4, -0.2) is 18.0 Å². The van der Waals surface area contributed by atoms with Gasteiger partial charge in [0.15, 0.2) is 0 Å². The third-order valence-electron chi connectivity index (χ3n) is 3.78. The number of rotatable bonds is 4. The first kappa shape index (κ1) is 15.4. The first-order valence-electron chi connectivity index (χ1n) is 7.30. The Bertz CT molecular complexity index is 979. The van der Waals surface area contributed by atoms with Crippen molar-refractivity contribution in [2.75, 3.05) is 7.11 Å². The molecule has 0 saturated heterocycles. The summed E-state index contributed by atoms with van der Waals surface area (Å²) in [5, 5.41) is 10.0. The predicted octanol–water partition coefficient (Wildman–Crippen LogP) is 3.24. The number of carbonyl (C=O) groups excluding carboxylic acids is 1. The Hall–Kier alpha value is -3.52. The Morgan fingerprint density at radius 1 is 1.25 bits per heavy atom. The van der Waals surface area contributed by atoms with Crippen molar-refractivity contribution in [1.29, 1.82) is 5.26 Å². The van der Waals surface area contributed by atoms with Crippen molar-refractivity contribution >= 4 is 22.9 Å². The molecular weight excluding hydrogens is 302 g/mol. The fraction of sp³-hybridized carbons (Fsp3) is 0.0526. The molecule has 5 nitrogen and oxygen atoms in total. The van der Waals surface area contributed by atoms with Crippen LogP contribution in [0.4, 0.5) is 0 Å². The van der Waals surface area contributed by atoms with E-state index in [9.17, 15) is 10.1 Å². The number of primary amides is 1. The number of amides is 1. The van der Waals surface area contributed by atoms with E-state index in [1.165, 1.54) is 6.08 Å². The Balaban J connectivity index is 2.34. The maximum Gasteiger partial charge on any atom is 0.259 e. The number of fused-ring (bicyclic) bond motifs is 1. The molecule has 1 amide bonds. The van der Waals surface area contributed by atoms with Crippen LogP contribution in [0.5, 0.6) is 5.75 Å². The fourth-order valence-electron chi connectivity index (χ4n) is 2.60. The van der Waals surface area contributed by atoms with Gasteiger partial charge in [0.25, 0.3) is 5.91 Å². The van der Waals surface area contributed by atoms with Crippen molar-refractivity contribution in [2.45, 2.75) is 0 Å². The molecule has 0 spiro atoms. The summed E-state index contributed by atoms with van der Waals surface area (Å²) in [5.41, 5.74) is 8.55. The van der Waals surface area contributed by atoms with Crippen LogP contribution in [0.25, 0.3) is 28.2 Å². The van der Waals surface area contributed by atoms with Gasteiger partial charge in [-0.25, -0.2) is 0 Å². The average Bonchev–Trinajstić information content (AvgIpc) is 2.97. The molecule has 3 rings (SSSR count). The molecule has 0 radical (unpaired) electrons. The molecule has 0 aliphatic carbocycles. The smallest absolute Gasteiger partial charge is 0.259 e. The number of aromatic nitrogens is 1. The quantitative estimate of drug-likeness (QED) is 0.571. The normalized spacial score (nSPS) is 11.2. The molecule has 0 unspecified atom stereocenters. The van der Waals surface area contributed by atoms with E-state index in [1.807, 2.05) is 54.6 Å². The minimum absolute atomic E-state index is 0.101. The molecule has 0 bridgehead atoms. The number of nitriles is 1. The summed E-state index contributed by atoms with van der Waals surface area (Å²) in [6.45, 7) is 0. The molecule has 0 saturated carbocycles. The van der Waals surface area contributed by atoms with Crippen LogP contribution in [0.15, 0.2) is 54.1 Å². The Kier molecular flexibility index (Phi) is 4.04. The topological polar surface area (TPSA) is 91.9 Å². The van der Waals surface area contributed by atoms with Crippen molar-refractivity contribution in [2.24, 2.45) is 5.73 Å². The molecule has 118 valence electrons. The van der Waals surface area contributed by atoms with Gasteiger partial charge in [0.05, 0.1) is 12.8 Å². The molecule has 5 heteroatoms. The highest BCUT2D eigenvalue weighted by Crippen LogP contribution is 2.34. The summed E-state index contributed by atoms with van der Waals surface area (Å²) in [6, 6.07) is 17.1. The van der Waals surface area contributed by atoms with Crippen molar-refractivity contribution in [3.63, 3.8) is 0 Å². The minimum atomic E-state index is -0.756. The zero-order valence-electron chi connectivity index (χ0n) is 13.0. The van der Waals surface area contributed by atoms with E-state index in [2.05, 4.69) is 4.98 Å². The number of carbonyl (C=O) groups is 1. The number of methoxy groups -OCH3 is 1. The van der Waals surface area contributed by atoms with Crippen LogP contribution < -0.4 is 10.5 Å². The summed E-state index contributed by atoms with van der Waals surface area (Å²) in [4.78, 5) is 14.8. The van der Waals surface area contributed by atoms with Crippen molar-refractivity contribution in [3.8, 4) is 23.1 Å². The molecule has 2 aromatic carbocycles. The number of nitrogens with two attached hydrogens (primary N) is 1. The van der Waals surface area contributed by atoms with Crippen LogP contribution in [0.1, 0.15) is 5.56 Å². The SMILES string of the molecule is COc1ccc2[nH]c(-c3ccccc3)c(/C=C(\C#N)C(N)=O)c2c1. The summed E-state index contributed by atoms with van der Waals surface area (Å²) >= 11 is 0. The van der Waals surface area contributed by atoms with E-state index in [0.29, 0.717) is 5.75 Å². The van der Waals surface area contributed by atoms with E-state index in [-0.39, 0.29) is 5.57 Å². The second-order valence-corrected chi connectivity index (χ2v) is 5.23. The van der Waals surface area contributed by atoms with Crippen molar-refractivity contribution in [1.82, 2.24) is 4.98 Å². The van der Waals surface area contributed by atoms with Gasteiger partial charge in [-0.15, -0.1) is 0 Å². The monoisotopic (exact) mass is 317 g/mol. The molecule has 3 N–H and O–H groups in total. The highest BCUT2D eigenvalue weighted by molar-refractivity contribution is 6.05. The second-order valence-electron chi connectivity index (χ2n) is 5.23.